The van der Waals surface area contributed by atoms with Crippen molar-refractivity contribution in [1.29, 1.82) is 0 Å². The first-order valence-corrected chi connectivity index (χ1v) is 14.2. The second-order valence-corrected chi connectivity index (χ2v) is 12.7. The minimum atomic E-state index is 0.00903. The molecule has 3 heteroatoms. The normalized spacial score (nSPS) is 43.9. The van der Waals surface area contributed by atoms with E-state index in [1.807, 2.05) is 0 Å². The first kappa shape index (κ1) is 23.1. The van der Waals surface area contributed by atoms with Crippen LogP contribution in [0.3, 0.4) is 0 Å². The zero-order valence-electron chi connectivity index (χ0n) is 19.8. The molecular formula is C27H45BrO2. The van der Waals surface area contributed by atoms with Crippen LogP contribution < -0.4 is 0 Å². The number of rotatable bonds is 7. The molecule has 0 radical (unpaired) electrons. The number of hydrogen-bond acceptors (Lipinski definition) is 2. The van der Waals surface area contributed by atoms with Crippen LogP contribution in [0.1, 0.15) is 104 Å². The van der Waals surface area contributed by atoms with E-state index in [1.165, 1.54) is 64.2 Å². The number of fused-ring (bicyclic) bond motifs is 5. The number of halogens is 1. The summed E-state index contributed by atoms with van der Waals surface area (Å²) in [6.07, 6.45) is 17.2. The summed E-state index contributed by atoms with van der Waals surface area (Å²) >= 11 is 3.40. The largest absolute Gasteiger partial charge is 0.466 e. The molecular weight excluding hydrogens is 436 g/mol. The van der Waals surface area contributed by atoms with E-state index in [-0.39, 0.29) is 5.97 Å². The van der Waals surface area contributed by atoms with E-state index in [9.17, 15) is 4.79 Å². The average molecular weight is 482 g/mol. The van der Waals surface area contributed by atoms with Crippen LogP contribution in [0.15, 0.2) is 0 Å². The second kappa shape index (κ2) is 9.44. The number of carbonyl (C=O) groups is 1. The summed E-state index contributed by atoms with van der Waals surface area (Å²) < 4.78 is 5.39. The van der Waals surface area contributed by atoms with Crippen molar-refractivity contribution >= 4 is 21.9 Å². The number of hydrogen-bond donors (Lipinski definition) is 0. The maximum Gasteiger partial charge on any atom is 0.305 e. The fraction of sp³-hybridized carbons (Fsp3) is 0.963. The van der Waals surface area contributed by atoms with Crippen LogP contribution in [0.5, 0.6) is 0 Å². The highest BCUT2D eigenvalue weighted by atomic mass is 79.9. The highest BCUT2D eigenvalue weighted by Crippen LogP contribution is 2.68. The Kier molecular flexibility index (Phi) is 7.27. The van der Waals surface area contributed by atoms with Crippen LogP contribution >= 0.6 is 15.9 Å². The Morgan fingerprint density at radius 3 is 2.60 bits per heavy atom. The summed E-state index contributed by atoms with van der Waals surface area (Å²) in [5, 5.41) is 0.903. The molecule has 0 aromatic carbocycles. The lowest BCUT2D eigenvalue weighted by molar-refractivity contribution is -0.144. The fourth-order valence-electron chi connectivity index (χ4n) is 9.13. The molecule has 0 aromatic heterocycles. The van der Waals surface area contributed by atoms with E-state index >= 15 is 0 Å². The minimum Gasteiger partial charge on any atom is -0.466 e. The van der Waals surface area contributed by atoms with Crippen molar-refractivity contribution in [3.05, 3.63) is 0 Å². The molecule has 1 unspecified atom stereocenters. The monoisotopic (exact) mass is 480 g/mol. The molecule has 8 atom stereocenters. The Morgan fingerprint density at radius 1 is 1.00 bits per heavy atom. The molecule has 0 amide bonds. The van der Waals surface area contributed by atoms with Crippen molar-refractivity contribution in [2.75, 3.05) is 11.9 Å². The van der Waals surface area contributed by atoms with Gasteiger partial charge in [-0.1, -0.05) is 49.5 Å². The van der Waals surface area contributed by atoms with Crippen LogP contribution in [0.25, 0.3) is 0 Å². The molecule has 0 heterocycles. The maximum absolute atomic E-state index is 12.1. The van der Waals surface area contributed by atoms with Crippen LogP contribution in [0, 0.1) is 46.3 Å². The van der Waals surface area contributed by atoms with Gasteiger partial charge in [0.1, 0.15) is 0 Å². The maximum atomic E-state index is 12.1. The van der Waals surface area contributed by atoms with Crippen LogP contribution in [0.2, 0.25) is 0 Å². The SMILES string of the molecule is C[C@H](CCC(=O)OCCCBr)[C@H]1CC[C@H]2[C@@H]3CCC4CCCC[C@]4(C)[C@H]3CC[C@]12C. The van der Waals surface area contributed by atoms with E-state index in [4.69, 9.17) is 4.74 Å². The minimum absolute atomic E-state index is 0.00903. The van der Waals surface area contributed by atoms with Crippen molar-refractivity contribution in [2.24, 2.45) is 46.3 Å². The predicted molar refractivity (Wildman–Crippen MR) is 128 cm³/mol. The number of carbonyl (C=O) groups excluding carboxylic acids is 1. The number of alkyl halides is 1. The zero-order chi connectivity index (χ0) is 21.4. The van der Waals surface area contributed by atoms with Gasteiger partial charge in [-0.3, -0.25) is 4.79 Å². The molecule has 4 aliphatic rings. The van der Waals surface area contributed by atoms with Crippen molar-refractivity contribution in [1.82, 2.24) is 0 Å². The van der Waals surface area contributed by atoms with Crippen LogP contribution in [0.4, 0.5) is 0 Å². The van der Waals surface area contributed by atoms with Gasteiger partial charge in [0.15, 0.2) is 0 Å². The summed E-state index contributed by atoms with van der Waals surface area (Å²) in [4.78, 5) is 12.1. The van der Waals surface area contributed by atoms with Crippen molar-refractivity contribution in [3.8, 4) is 0 Å². The average Bonchev–Trinajstić information content (AvgIpc) is 3.09. The molecule has 0 N–H and O–H groups in total. The van der Waals surface area contributed by atoms with Crippen LogP contribution in [-0.4, -0.2) is 17.9 Å². The Balaban J connectivity index is 1.38. The van der Waals surface area contributed by atoms with Gasteiger partial charge in [-0.15, -0.1) is 0 Å². The molecule has 30 heavy (non-hydrogen) atoms. The molecule has 0 bridgehead atoms. The third-order valence-electron chi connectivity index (χ3n) is 10.7. The first-order chi connectivity index (χ1) is 14.4. The lowest BCUT2D eigenvalue weighted by Crippen LogP contribution is -2.53. The zero-order valence-corrected chi connectivity index (χ0v) is 21.4. The summed E-state index contributed by atoms with van der Waals surface area (Å²) in [6, 6.07) is 0. The van der Waals surface area contributed by atoms with E-state index in [1.54, 1.807) is 0 Å². The molecule has 0 aromatic rings. The molecule has 4 aliphatic carbocycles. The summed E-state index contributed by atoms with van der Waals surface area (Å²) in [6.45, 7) is 8.32. The van der Waals surface area contributed by atoms with Gasteiger partial charge in [0, 0.05) is 11.8 Å². The van der Waals surface area contributed by atoms with Crippen molar-refractivity contribution in [3.63, 3.8) is 0 Å². The van der Waals surface area contributed by atoms with Gasteiger partial charge in [0.05, 0.1) is 6.61 Å². The van der Waals surface area contributed by atoms with Gasteiger partial charge >= 0.3 is 5.97 Å². The Bertz CT molecular complexity index is 606. The van der Waals surface area contributed by atoms with Crippen LogP contribution in [-0.2, 0) is 9.53 Å². The molecule has 4 fully saturated rings. The van der Waals surface area contributed by atoms with E-state index in [2.05, 4.69) is 36.7 Å². The standard InChI is InChI=1S/C27H45BrO2/c1-19(8-13-25(29)30-18-6-17-28)22-11-12-23-21-10-9-20-7-4-5-15-26(20,2)24(21)14-16-27(22,23)3/h19-24H,4-18H2,1-3H3/t19-,20?,21+,22-,23+,24+,26+,27-/m1/s1. The van der Waals surface area contributed by atoms with Gasteiger partial charge in [-0.2, -0.15) is 0 Å². The van der Waals surface area contributed by atoms with E-state index < -0.39 is 0 Å². The highest BCUT2D eigenvalue weighted by molar-refractivity contribution is 9.09. The number of esters is 1. The van der Waals surface area contributed by atoms with Crippen molar-refractivity contribution < 1.29 is 9.53 Å². The molecule has 4 saturated carbocycles. The van der Waals surface area contributed by atoms with E-state index in [0.29, 0.717) is 29.8 Å². The highest BCUT2D eigenvalue weighted by Gasteiger charge is 2.60. The Morgan fingerprint density at radius 2 is 1.80 bits per heavy atom. The fourth-order valence-corrected chi connectivity index (χ4v) is 9.36. The third-order valence-corrected chi connectivity index (χ3v) is 11.2. The second-order valence-electron chi connectivity index (χ2n) is 11.9. The number of ether oxygens (including phenoxy) is 1. The van der Waals surface area contributed by atoms with Gasteiger partial charge in [-0.05, 0) is 111 Å². The molecule has 172 valence electrons. The van der Waals surface area contributed by atoms with E-state index in [0.717, 1.165) is 47.8 Å². The summed E-state index contributed by atoms with van der Waals surface area (Å²) in [5.41, 5.74) is 1.16. The topological polar surface area (TPSA) is 26.3 Å². The van der Waals surface area contributed by atoms with Gasteiger partial charge in [-0.25, -0.2) is 0 Å². The Labute approximate surface area is 193 Å². The summed E-state index contributed by atoms with van der Waals surface area (Å²) in [5.74, 6) is 5.38. The quantitative estimate of drug-likeness (QED) is 0.211. The van der Waals surface area contributed by atoms with Crippen molar-refractivity contribution in [2.45, 2.75) is 104 Å². The third kappa shape index (κ3) is 4.15. The predicted octanol–water partition coefficient (Wildman–Crippen LogP) is 7.78. The molecule has 2 nitrogen and oxygen atoms in total. The lowest BCUT2D eigenvalue weighted by atomic mass is 9.44. The lowest BCUT2D eigenvalue weighted by Gasteiger charge is -2.61. The molecule has 0 spiro atoms. The smallest absolute Gasteiger partial charge is 0.305 e. The molecule has 4 rings (SSSR count). The first-order valence-electron chi connectivity index (χ1n) is 13.1. The molecule has 0 saturated heterocycles. The summed E-state index contributed by atoms with van der Waals surface area (Å²) in [7, 11) is 0. The Hall–Kier alpha value is -0.0500. The van der Waals surface area contributed by atoms with Gasteiger partial charge < -0.3 is 4.74 Å². The van der Waals surface area contributed by atoms with Gasteiger partial charge in [0.2, 0.25) is 0 Å². The molecule has 0 aliphatic heterocycles. The van der Waals surface area contributed by atoms with Gasteiger partial charge in [0.25, 0.3) is 0 Å².